The predicted octanol–water partition coefficient (Wildman–Crippen LogP) is 1.06. The highest BCUT2D eigenvalue weighted by Crippen LogP contribution is 2.34. The summed E-state index contributed by atoms with van der Waals surface area (Å²) in [5.74, 6) is 0.837. The second-order valence-electron chi connectivity index (χ2n) is 6.29. The zero-order chi connectivity index (χ0) is 18.3. The van der Waals surface area contributed by atoms with E-state index in [1.807, 2.05) is 0 Å². The van der Waals surface area contributed by atoms with Gasteiger partial charge in [0.1, 0.15) is 12.2 Å². The van der Waals surface area contributed by atoms with Crippen LogP contribution in [0.4, 0.5) is 18.3 Å². The van der Waals surface area contributed by atoms with Gasteiger partial charge in [-0.15, -0.1) is 10.2 Å². The van der Waals surface area contributed by atoms with Crippen molar-refractivity contribution in [3.8, 4) is 0 Å². The zero-order valence-electron chi connectivity index (χ0n) is 13.7. The van der Waals surface area contributed by atoms with Gasteiger partial charge < -0.3 is 9.80 Å². The minimum Gasteiger partial charge on any atom is -0.343 e. The highest BCUT2D eigenvalue weighted by atomic mass is 32.1. The van der Waals surface area contributed by atoms with Crippen LogP contribution in [0, 0.1) is 5.92 Å². The molecule has 26 heavy (non-hydrogen) atoms. The van der Waals surface area contributed by atoms with Gasteiger partial charge in [0.25, 0.3) is 0 Å². The van der Waals surface area contributed by atoms with Crippen LogP contribution < -0.4 is 4.90 Å². The molecule has 4 heterocycles. The number of piperazine rings is 1. The Labute approximate surface area is 150 Å². The van der Waals surface area contributed by atoms with Crippen molar-refractivity contribution in [2.45, 2.75) is 25.6 Å². The number of rotatable bonds is 2. The number of nitrogens with zero attached hydrogens (tertiary/aromatic N) is 7. The van der Waals surface area contributed by atoms with Gasteiger partial charge in [-0.3, -0.25) is 4.79 Å². The molecule has 8 nitrogen and oxygen atoms in total. The molecule has 1 unspecified atom stereocenters. The number of halogens is 3. The first-order valence-electron chi connectivity index (χ1n) is 8.23. The van der Waals surface area contributed by atoms with E-state index >= 15 is 0 Å². The SMILES string of the molecule is O=C(C1CCc2ncnn2C1)N1CCN(c2nnc(C(F)(F)F)s2)CC1. The molecule has 140 valence electrons. The zero-order valence-corrected chi connectivity index (χ0v) is 14.5. The van der Waals surface area contributed by atoms with E-state index in [0.717, 1.165) is 18.7 Å². The molecule has 0 spiro atoms. The topological polar surface area (TPSA) is 80.0 Å². The lowest BCUT2D eigenvalue weighted by atomic mass is 9.98. The van der Waals surface area contributed by atoms with Crippen molar-refractivity contribution in [2.75, 3.05) is 31.1 Å². The molecule has 1 fully saturated rings. The van der Waals surface area contributed by atoms with Gasteiger partial charge in [-0.2, -0.15) is 18.3 Å². The Morgan fingerprint density at radius 3 is 2.65 bits per heavy atom. The molecule has 0 N–H and O–H groups in total. The molecule has 12 heteroatoms. The molecular weight excluding hydrogens is 371 g/mol. The summed E-state index contributed by atoms with van der Waals surface area (Å²) in [6, 6.07) is 0. The number of aryl methyl sites for hydroxylation is 1. The van der Waals surface area contributed by atoms with Crippen molar-refractivity contribution in [1.82, 2.24) is 29.9 Å². The molecule has 2 aliphatic rings. The number of alkyl halides is 3. The molecule has 0 radical (unpaired) electrons. The average Bonchev–Trinajstić information content (AvgIpc) is 3.29. The lowest BCUT2D eigenvalue weighted by molar-refractivity contribution is -0.138. The van der Waals surface area contributed by atoms with E-state index in [-0.39, 0.29) is 17.0 Å². The maximum atomic E-state index is 12.7. The van der Waals surface area contributed by atoms with Crippen LogP contribution in [0.1, 0.15) is 17.3 Å². The number of anilines is 1. The number of hydrogen-bond donors (Lipinski definition) is 0. The third kappa shape index (κ3) is 3.24. The number of aromatic nitrogens is 5. The summed E-state index contributed by atoms with van der Waals surface area (Å²) in [7, 11) is 0. The smallest absolute Gasteiger partial charge is 0.343 e. The Kier molecular flexibility index (Phi) is 4.29. The first kappa shape index (κ1) is 17.2. The molecular formula is C14H16F3N7OS. The van der Waals surface area contributed by atoms with Crippen LogP contribution in [0.3, 0.4) is 0 Å². The van der Waals surface area contributed by atoms with E-state index in [0.29, 0.717) is 44.1 Å². The van der Waals surface area contributed by atoms with Gasteiger partial charge in [0.15, 0.2) is 0 Å². The van der Waals surface area contributed by atoms with Crippen molar-refractivity contribution in [3.05, 3.63) is 17.2 Å². The summed E-state index contributed by atoms with van der Waals surface area (Å²) in [5.41, 5.74) is 0. The number of fused-ring (bicyclic) bond motifs is 1. The summed E-state index contributed by atoms with van der Waals surface area (Å²) < 4.78 is 39.7. The monoisotopic (exact) mass is 387 g/mol. The molecule has 0 bridgehead atoms. The lowest BCUT2D eigenvalue weighted by Crippen LogP contribution is -2.51. The first-order chi connectivity index (χ1) is 12.4. The summed E-state index contributed by atoms with van der Waals surface area (Å²) in [6.45, 7) is 2.33. The van der Waals surface area contributed by atoms with Crippen LogP contribution in [-0.4, -0.2) is 61.9 Å². The third-order valence-electron chi connectivity index (χ3n) is 4.67. The maximum absolute atomic E-state index is 12.7. The quantitative estimate of drug-likeness (QED) is 0.767. The van der Waals surface area contributed by atoms with E-state index in [1.54, 1.807) is 14.5 Å². The number of amides is 1. The number of carbonyl (C=O) groups is 1. The van der Waals surface area contributed by atoms with Crippen LogP contribution in [0.5, 0.6) is 0 Å². The van der Waals surface area contributed by atoms with Crippen molar-refractivity contribution in [2.24, 2.45) is 5.92 Å². The van der Waals surface area contributed by atoms with Crippen molar-refractivity contribution in [1.29, 1.82) is 0 Å². The van der Waals surface area contributed by atoms with Crippen molar-refractivity contribution < 1.29 is 18.0 Å². The van der Waals surface area contributed by atoms with Crippen molar-refractivity contribution in [3.63, 3.8) is 0 Å². The average molecular weight is 387 g/mol. The van der Waals surface area contributed by atoms with Crippen LogP contribution in [-0.2, 0) is 23.9 Å². The van der Waals surface area contributed by atoms with Crippen LogP contribution in [0.2, 0.25) is 0 Å². The van der Waals surface area contributed by atoms with Gasteiger partial charge in [0.05, 0.1) is 12.5 Å². The summed E-state index contributed by atoms with van der Waals surface area (Å²) in [5, 5.41) is 10.3. The largest absolute Gasteiger partial charge is 0.445 e. The normalized spacial score (nSPS) is 21.0. The van der Waals surface area contributed by atoms with E-state index in [9.17, 15) is 18.0 Å². The molecule has 1 saturated heterocycles. The second kappa shape index (κ2) is 6.49. The third-order valence-corrected chi connectivity index (χ3v) is 5.70. The fourth-order valence-corrected chi connectivity index (χ4v) is 4.04. The Morgan fingerprint density at radius 2 is 1.96 bits per heavy atom. The minimum absolute atomic E-state index is 0.0686. The van der Waals surface area contributed by atoms with Crippen LogP contribution in [0.25, 0.3) is 0 Å². The molecule has 0 saturated carbocycles. The Bertz CT molecular complexity index is 797. The molecule has 1 atom stereocenters. The first-order valence-corrected chi connectivity index (χ1v) is 9.04. The Balaban J connectivity index is 1.35. The Hall–Kier alpha value is -2.24. The van der Waals surface area contributed by atoms with Crippen LogP contribution >= 0.6 is 11.3 Å². The van der Waals surface area contributed by atoms with Gasteiger partial charge in [0, 0.05) is 32.6 Å². The van der Waals surface area contributed by atoms with E-state index in [4.69, 9.17) is 0 Å². The van der Waals surface area contributed by atoms with Gasteiger partial charge >= 0.3 is 6.18 Å². The molecule has 4 rings (SSSR count). The van der Waals surface area contributed by atoms with Crippen LogP contribution in [0.15, 0.2) is 6.33 Å². The highest BCUT2D eigenvalue weighted by molar-refractivity contribution is 7.15. The molecule has 2 aromatic heterocycles. The van der Waals surface area contributed by atoms with Gasteiger partial charge in [-0.1, -0.05) is 11.3 Å². The van der Waals surface area contributed by atoms with Gasteiger partial charge in [-0.05, 0) is 6.42 Å². The van der Waals surface area contributed by atoms with E-state index < -0.39 is 11.2 Å². The van der Waals surface area contributed by atoms with E-state index in [1.165, 1.54) is 6.33 Å². The predicted molar refractivity (Wildman–Crippen MR) is 85.5 cm³/mol. The standard InChI is InChI=1S/C14H16F3N7OS/c15-14(16,17)12-20-21-13(26-12)23-5-3-22(4-6-23)11(25)9-1-2-10-18-8-19-24(10)7-9/h8-9H,1-7H2. The lowest BCUT2D eigenvalue weighted by Gasteiger charge is -2.36. The summed E-state index contributed by atoms with van der Waals surface area (Å²) in [6.07, 6.45) is -1.52. The summed E-state index contributed by atoms with van der Waals surface area (Å²) >= 11 is 0.534. The highest BCUT2D eigenvalue weighted by Gasteiger charge is 2.37. The summed E-state index contributed by atoms with van der Waals surface area (Å²) in [4.78, 5) is 20.4. The van der Waals surface area contributed by atoms with E-state index in [2.05, 4.69) is 20.3 Å². The van der Waals surface area contributed by atoms with Gasteiger partial charge in [-0.25, -0.2) is 9.67 Å². The second-order valence-corrected chi connectivity index (χ2v) is 7.25. The van der Waals surface area contributed by atoms with Gasteiger partial charge in [0.2, 0.25) is 16.0 Å². The molecule has 0 aliphatic carbocycles. The fraction of sp³-hybridized carbons (Fsp3) is 0.643. The molecule has 2 aromatic rings. The minimum atomic E-state index is -4.48. The number of carbonyl (C=O) groups excluding carboxylic acids is 1. The number of hydrogen-bond acceptors (Lipinski definition) is 7. The molecule has 0 aromatic carbocycles. The molecule has 2 aliphatic heterocycles. The Morgan fingerprint density at radius 1 is 1.19 bits per heavy atom. The van der Waals surface area contributed by atoms with Crippen molar-refractivity contribution >= 4 is 22.4 Å². The fourth-order valence-electron chi connectivity index (χ4n) is 3.27. The maximum Gasteiger partial charge on any atom is 0.445 e. The molecule has 1 amide bonds.